The summed E-state index contributed by atoms with van der Waals surface area (Å²) in [5.74, 6) is 0. The van der Waals surface area contributed by atoms with E-state index in [9.17, 15) is 0 Å². The van der Waals surface area contributed by atoms with Gasteiger partial charge in [-0.05, 0) is 80.8 Å². The predicted octanol–water partition coefficient (Wildman–Crippen LogP) is 11.4. The molecule has 2 aromatic heterocycles. The van der Waals surface area contributed by atoms with Crippen LogP contribution in [0.1, 0.15) is 0 Å². The summed E-state index contributed by atoms with van der Waals surface area (Å²) < 4.78 is 9.00. The van der Waals surface area contributed by atoms with Crippen LogP contribution >= 0.6 is 11.3 Å². The standard InChI is InChI=1S/C42H29NOSSi/c1-46(2)37-24-23-35-40(30-15-8-9-17-34(30)44-35)41(37)31-22-20-28(25-38(31)46)43(27-12-4-3-5-13-27)33-16-10-18-36-39(33)32-21-19-26-11-6-7-14-29(26)42(32)45-36/h3-25H,1-2H3. The third kappa shape index (κ3) is 3.51. The van der Waals surface area contributed by atoms with Crippen molar-refractivity contribution in [3.8, 4) is 11.1 Å². The molecule has 0 N–H and O–H groups in total. The van der Waals surface area contributed by atoms with Crippen molar-refractivity contribution >= 4 is 99.7 Å². The van der Waals surface area contributed by atoms with Gasteiger partial charge in [0, 0.05) is 42.3 Å². The van der Waals surface area contributed by atoms with Gasteiger partial charge in [-0.3, -0.25) is 0 Å². The van der Waals surface area contributed by atoms with Crippen molar-refractivity contribution in [3.05, 3.63) is 140 Å². The van der Waals surface area contributed by atoms with E-state index in [0.717, 1.165) is 16.9 Å². The maximum atomic E-state index is 6.34. The van der Waals surface area contributed by atoms with Gasteiger partial charge in [0.25, 0.3) is 0 Å². The van der Waals surface area contributed by atoms with Crippen LogP contribution in [0, 0.1) is 0 Å². The highest BCUT2D eigenvalue weighted by atomic mass is 32.1. The summed E-state index contributed by atoms with van der Waals surface area (Å²) in [7, 11) is -2.02. The predicted molar refractivity (Wildman–Crippen MR) is 201 cm³/mol. The fourth-order valence-electron chi connectivity index (χ4n) is 7.89. The lowest BCUT2D eigenvalue weighted by Crippen LogP contribution is -2.49. The average molecular weight is 624 g/mol. The zero-order chi connectivity index (χ0) is 30.6. The van der Waals surface area contributed by atoms with Gasteiger partial charge < -0.3 is 9.32 Å². The van der Waals surface area contributed by atoms with Gasteiger partial charge in [-0.1, -0.05) is 104 Å². The summed E-state index contributed by atoms with van der Waals surface area (Å²) in [4.78, 5) is 2.47. The molecular formula is C42H29NOSSi. The molecule has 1 aliphatic heterocycles. The number of nitrogens with zero attached hydrogens (tertiary/aromatic N) is 1. The van der Waals surface area contributed by atoms with Gasteiger partial charge in [-0.15, -0.1) is 11.3 Å². The third-order valence-electron chi connectivity index (χ3n) is 10.0. The van der Waals surface area contributed by atoms with E-state index >= 15 is 0 Å². The Morgan fingerprint density at radius 3 is 2.26 bits per heavy atom. The molecule has 0 amide bonds. The Kier molecular flexibility index (Phi) is 5.35. The molecule has 10 rings (SSSR count). The summed E-state index contributed by atoms with van der Waals surface area (Å²) in [6, 6.07) is 51.2. The average Bonchev–Trinajstić information content (AvgIpc) is 3.74. The quantitative estimate of drug-likeness (QED) is 0.182. The monoisotopic (exact) mass is 623 g/mol. The molecule has 0 spiro atoms. The molecule has 9 aromatic rings. The zero-order valence-electron chi connectivity index (χ0n) is 25.5. The van der Waals surface area contributed by atoms with E-state index < -0.39 is 8.07 Å². The molecule has 0 unspecified atom stereocenters. The van der Waals surface area contributed by atoms with E-state index in [1.54, 1.807) is 0 Å². The summed E-state index contributed by atoms with van der Waals surface area (Å²) in [5.41, 5.74) is 8.21. The van der Waals surface area contributed by atoms with Gasteiger partial charge in [-0.2, -0.15) is 0 Å². The highest BCUT2D eigenvalue weighted by Crippen LogP contribution is 2.47. The fraction of sp³-hybridized carbons (Fsp3) is 0.0476. The van der Waals surface area contributed by atoms with Crippen molar-refractivity contribution in [1.82, 2.24) is 0 Å². The van der Waals surface area contributed by atoms with Crippen LogP contribution in [0.3, 0.4) is 0 Å². The number of rotatable bonds is 3. The smallest absolute Gasteiger partial charge is 0.136 e. The number of para-hydroxylation sites is 2. The molecule has 2 nitrogen and oxygen atoms in total. The van der Waals surface area contributed by atoms with Gasteiger partial charge in [0.1, 0.15) is 19.2 Å². The minimum atomic E-state index is -2.02. The molecule has 0 aliphatic carbocycles. The van der Waals surface area contributed by atoms with E-state index in [1.807, 2.05) is 11.3 Å². The van der Waals surface area contributed by atoms with Crippen molar-refractivity contribution < 1.29 is 4.42 Å². The number of benzene rings is 7. The largest absolute Gasteiger partial charge is 0.456 e. The number of thiophene rings is 1. The van der Waals surface area contributed by atoms with Gasteiger partial charge in [0.05, 0.1) is 5.69 Å². The number of anilines is 3. The normalized spacial score (nSPS) is 13.6. The molecule has 3 heterocycles. The van der Waals surface area contributed by atoms with E-state index in [-0.39, 0.29) is 0 Å². The lowest BCUT2D eigenvalue weighted by molar-refractivity contribution is 0.669. The summed E-state index contributed by atoms with van der Waals surface area (Å²) in [5, 5.41) is 10.6. The maximum absolute atomic E-state index is 6.34. The minimum absolute atomic E-state index is 0.953. The van der Waals surface area contributed by atoms with Gasteiger partial charge in [-0.25, -0.2) is 0 Å². The summed E-state index contributed by atoms with van der Waals surface area (Å²) in [6.45, 7) is 5.00. The Morgan fingerprint density at radius 2 is 1.37 bits per heavy atom. The van der Waals surface area contributed by atoms with E-state index in [4.69, 9.17) is 4.42 Å². The van der Waals surface area contributed by atoms with Crippen LogP contribution in [0.5, 0.6) is 0 Å². The van der Waals surface area contributed by atoms with Crippen LogP contribution in [-0.4, -0.2) is 8.07 Å². The van der Waals surface area contributed by atoms with Crippen LogP contribution < -0.4 is 15.3 Å². The summed E-state index contributed by atoms with van der Waals surface area (Å²) >= 11 is 1.90. The lowest BCUT2D eigenvalue weighted by Gasteiger charge is -2.28. The Hall–Kier alpha value is -5.16. The second-order valence-corrected chi connectivity index (χ2v) is 18.3. The first-order valence-electron chi connectivity index (χ1n) is 15.9. The van der Waals surface area contributed by atoms with Crippen molar-refractivity contribution in [2.24, 2.45) is 0 Å². The second-order valence-electron chi connectivity index (χ2n) is 12.9. The molecule has 1 aliphatic rings. The molecule has 0 saturated carbocycles. The highest BCUT2D eigenvalue weighted by molar-refractivity contribution is 7.26. The Bertz CT molecular complexity index is 2680. The zero-order valence-corrected chi connectivity index (χ0v) is 27.4. The molecule has 0 radical (unpaired) electrons. The van der Waals surface area contributed by atoms with Crippen LogP contribution in [0.25, 0.3) is 64.0 Å². The van der Waals surface area contributed by atoms with Gasteiger partial charge >= 0.3 is 0 Å². The van der Waals surface area contributed by atoms with Crippen LogP contribution in [0.4, 0.5) is 17.1 Å². The van der Waals surface area contributed by atoms with Crippen molar-refractivity contribution in [1.29, 1.82) is 0 Å². The molecule has 0 saturated heterocycles. The van der Waals surface area contributed by atoms with Crippen molar-refractivity contribution in [3.63, 3.8) is 0 Å². The maximum Gasteiger partial charge on any atom is 0.136 e. The fourth-order valence-corrected chi connectivity index (χ4v) is 12.2. The first-order chi connectivity index (χ1) is 22.6. The van der Waals surface area contributed by atoms with E-state index in [2.05, 4.69) is 158 Å². The molecule has 7 aromatic carbocycles. The highest BCUT2D eigenvalue weighted by Gasteiger charge is 2.39. The first-order valence-corrected chi connectivity index (χ1v) is 19.7. The molecular weight excluding hydrogens is 595 g/mol. The number of hydrogen-bond donors (Lipinski definition) is 0. The minimum Gasteiger partial charge on any atom is -0.456 e. The van der Waals surface area contributed by atoms with E-state index in [0.29, 0.717) is 0 Å². The van der Waals surface area contributed by atoms with Gasteiger partial charge in [0.2, 0.25) is 0 Å². The SMILES string of the molecule is C[Si]1(C)c2cc(N(c3ccccc3)c3cccc4sc5c6ccccc6ccc5c34)ccc2-c2c1ccc1oc3ccccc3c21. The van der Waals surface area contributed by atoms with Gasteiger partial charge in [0.15, 0.2) is 0 Å². The Morgan fingerprint density at radius 1 is 0.565 bits per heavy atom. The Balaban J connectivity index is 1.24. The third-order valence-corrected chi connectivity index (χ3v) is 14.8. The molecule has 218 valence electrons. The number of furan rings is 1. The molecule has 46 heavy (non-hydrogen) atoms. The van der Waals surface area contributed by atoms with Crippen molar-refractivity contribution in [2.45, 2.75) is 13.1 Å². The first kappa shape index (κ1) is 26.1. The topological polar surface area (TPSA) is 16.4 Å². The molecule has 4 heteroatoms. The molecule has 0 atom stereocenters. The lowest BCUT2D eigenvalue weighted by atomic mass is 9.99. The van der Waals surface area contributed by atoms with Crippen molar-refractivity contribution in [2.75, 3.05) is 4.90 Å². The molecule has 0 fully saturated rings. The summed E-state index contributed by atoms with van der Waals surface area (Å²) in [6.07, 6.45) is 0. The van der Waals surface area contributed by atoms with Crippen LogP contribution in [-0.2, 0) is 0 Å². The number of hydrogen-bond acceptors (Lipinski definition) is 3. The van der Waals surface area contributed by atoms with Crippen LogP contribution in [0.2, 0.25) is 13.1 Å². The van der Waals surface area contributed by atoms with Crippen LogP contribution in [0.15, 0.2) is 144 Å². The number of fused-ring (bicyclic) bond motifs is 12. The second kappa shape index (κ2) is 9.43. The molecule has 0 bridgehead atoms. The van der Waals surface area contributed by atoms with E-state index in [1.165, 1.54) is 74.6 Å². The Labute approximate surface area is 271 Å².